The molecule has 0 N–H and O–H groups in total. The molecule has 0 bridgehead atoms. The highest BCUT2D eigenvalue weighted by atomic mass is 16.5. The molecule has 0 amide bonds. The van der Waals surface area contributed by atoms with Crippen molar-refractivity contribution in [2.75, 3.05) is 6.61 Å². The van der Waals surface area contributed by atoms with Gasteiger partial charge < -0.3 is 4.74 Å². The minimum absolute atomic E-state index is 0.217. The highest BCUT2D eigenvalue weighted by Crippen LogP contribution is 1.97. The standard InChI is InChI=1S/C8H12N2O3/c1-4-13-8(12)6-5-7(11)10(3)9(6)2/h5H,4H2,1-3H3. The lowest BCUT2D eigenvalue weighted by atomic mass is 10.4. The normalized spacial score (nSPS) is 10.1. The molecule has 72 valence electrons. The molecule has 0 aliphatic carbocycles. The maximum atomic E-state index is 11.2. The number of rotatable bonds is 2. The molecule has 1 heterocycles. The Hall–Kier alpha value is -1.52. The summed E-state index contributed by atoms with van der Waals surface area (Å²) in [5.41, 5.74) is 0.0555. The maximum Gasteiger partial charge on any atom is 0.356 e. The topological polar surface area (TPSA) is 53.2 Å². The van der Waals surface area contributed by atoms with E-state index >= 15 is 0 Å². The van der Waals surface area contributed by atoms with Crippen LogP contribution in [0.4, 0.5) is 0 Å². The zero-order chi connectivity index (χ0) is 10.0. The first-order valence-electron chi connectivity index (χ1n) is 3.98. The van der Waals surface area contributed by atoms with Crippen LogP contribution in [-0.2, 0) is 18.8 Å². The molecule has 0 spiro atoms. The summed E-state index contributed by atoms with van der Waals surface area (Å²) < 4.78 is 7.56. The van der Waals surface area contributed by atoms with Gasteiger partial charge in [-0.3, -0.25) is 14.2 Å². The molecule has 0 atom stereocenters. The lowest BCUT2D eigenvalue weighted by Crippen LogP contribution is -2.18. The monoisotopic (exact) mass is 184 g/mol. The van der Waals surface area contributed by atoms with Crippen molar-refractivity contribution in [2.45, 2.75) is 6.92 Å². The Balaban J connectivity index is 3.09. The van der Waals surface area contributed by atoms with E-state index in [0.717, 1.165) is 0 Å². The lowest BCUT2D eigenvalue weighted by Gasteiger charge is -2.04. The summed E-state index contributed by atoms with van der Waals surface area (Å²) in [5, 5.41) is 0. The molecule has 0 aromatic carbocycles. The molecule has 0 unspecified atom stereocenters. The molecule has 0 aliphatic rings. The van der Waals surface area contributed by atoms with Crippen molar-refractivity contribution in [3.05, 3.63) is 22.1 Å². The van der Waals surface area contributed by atoms with Gasteiger partial charge in [0.05, 0.1) is 6.61 Å². The zero-order valence-corrected chi connectivity index (χ0v) is 7.90. The first-order chi connectivity index (χ1) is 6.07. The summed E-state index contributed by atoms with van der Waals surface area (Å²) in [6.07, 6.45) is 0. The van der Waals surface area contributed by atoms with Gasteiger partial charge in [0.2, 0.25) is 0 Å². The summed E-state index contributed by atoms with van der Waals surface area (Å²) in [4.78, 5) is 22.3. The van der Waals surface area contributed by atoms with Crippen molar-refractivity contribution in [1.82, 2.24) is 9.36 Å². The molecule has 13 heavy (non-hydrogen) atoms. The fourth-order valence-corrected chi connectivity index (χ4v) is 1.01. The van der Waals surface area contributed by atoms with Crippen LogP contribution in [-0.4, -0.2) is 21.9 Å². The van der Waals surface area contributed by atoms with Crippen molar-refractivity contribution < 1.29 is 9.53 Å². The van der Waals surface area contributed by atoms with Gasteiger partial charge in [0.25, 0.3) is 5.56 Å². The predicted octanol–water partition coefficient (Wildman–Crippen LogP) is -0.0995. The highest BCUT2D eigenvalue weighted by molar-refractivity contribution is 5.87. The van der Waals surface area contributed by atoms with Gasteiger partial charge in [0, 0.05) is 20.2 Å². The summed E-state index contributed by atoms with van der Waals surface area (Å²) in [6, 6.07) is 1.26. The number of ether oxygens (including phenoxy) is 1. The number of nitrogens with zero attached hydrogens (tertiary/aromatic N) is 2. The Morgan fingerprint density at radius 1 is 1.46 bits per heavy atom. The minimum atomic E-state index is -0.470. The van der Waals surface area contributed by atoms with Crippen LogP contribution in [0, 0.1) is 0 Å². The fraction of sp³-hybridized carbons (Fsp3) is 0.500. The van der Waals surface area contributed by atoms with Gasteiger partial charge in [-0.05, 0) is 6.92 Å². The summed E-state index contributed by atoms with van der Waals surface area (Å²) in [5.74, 6) is -0.470. The average molecular weight is 184 g/mol. The van der Waals surface area contributed by atoms with Crippen LogP contribution in [0.5, 0.6) is 0 Å². The lowest BCUT2D eigenvalue weighted by molar-refractivity contribution is 0.0512. The van der Waals surface area contributed by atoms with Crippen molar-refractivity contribution >= 4 is 5.97 Å². The van der Waals surface area contributed by atoms with Crippen LogP contribution in [0.2, 0.25) is 0 Å². The Morgan fingerprint density at radius 3 is 2.46 bits per heavy atom. The largest absolute Gasteiger partial charge is 0.461 e. The van der Waals surface area contributed by atoms with Crippen molar-refractivity contribution in [1.29, 1.82) is 0 Å². The summed E-state index contributed by atoms with van der Waals surface area (Å²) in [7, 11) is 3.22. The zero-order valence-electron chi connectivity index (χ0n) is 7.90. The third-order valence-electron chi connectivity index (χ3n) is 1.86. The van der Waals surface area contributed by atoms with Crippen LogP contribution < -0.4 is 5.56 Å². The summed E-state index contributed by atoms with van der Waals surface area (Å²) >= 11 is 0. The first-order valence-corrected chi connectivity index (χ1v) is 3.98. The number of hydrogen-bond acceptors (Lipinski definition) is 3. The van der Waals surface area contributed by atoms with Crippen LogP contribution in [0.3, 0.4) is 0 Å². The molecular weight excluding hydrogens is 172 g/mol. The van der Waals surface area contributed by atoms with Crippen LogP contribution >= 0.6 is 0 Å². The molecule has 0 fully saturated rings. The Kier molecular flexibility index (Phi) is 2.55. The Bertz CT molecular complexity index is 375. The first kappa shape index (κ1) is 9.57. The highest BCUT2D eigenvalue weighted by Gasteiger charge is 2.13. The molecule has 0 radical (unpaired) electrons. The van der Waals surface area contributed by atoms with E-state index in [2.05, 4.69) is 0 Å². The van der Waals surface area contributed by atoms with Gasteiger partial charge in [-0.1, -0.05) is 0 Å². The molecule has 5 nitrogen and oxygen atoms in total. The fourth-order valence-electron chi connectivity index (χ4n) is 1.01. The number of hydrogen-bond donors (Lipinski definition) is 0. The molecule has 1 aromatic heterocycles. The number of aromatic nitrogens is 2. The van der Waals surface area contributed by atoms with E-state index in [9.17, 15) is 9.59 Å². The average Bonchev–Trinajstić information content (AvgIpc) is 2.33. The second-order valence-corrected chi connectivity index (χ2v) is 2.64. The maximum absolute atomic E-state index is 11.2. The third-order valence-corrected chi connectivity index (χ3v) is 1.86. The van der Waals surface area contributed by atoms with Gasteiger partial charge in [-0.25, -0.2) is 4.79 Å². The van der Waals surface area contributed by atoms with E-state index < -0.39 is 5.97 Å². The second-order valence-electron chi connectivity index (χ2n) is 2.64. The molecule has 1 aromatic rings. The molecule has 0 saturated heterocycles. The molecule has 1 rings (SSSR count). The van der Waals surface area contributed by atoms with Crippen LogP contribution in [0.25, 0.3) is 0 Å². The predicted molar refractivity (Wildman–Crippen MR) is 46.6 cm³/mol. The molecule has 0 aliphatic heterocycles. The number of carbonyl (C=O) groups excluding carboxylic acids is 1. The van der Waals surface area contributed by atoms with E-state index in [1.54, 1.807) is 21.0 Å². The van der Waals surface area contributed by atoms with E-state index in [4.69, 9.17) is 4.74 Å². The Labute approximate surface area is 75.5 Å². The van der Waals surface area contributed by atoms with Crippen LogP contribution in [0.1, 0.15) is 17.4 Å². The number of carbonyl (C=O) groups is 1. The third kappa shape index (κ3) is 1.63. The van der Waals surface area contributed by atoms with Crippen molar-refractivity contribution in [3.8, 4) is 0 Å². The van der Waals surface area contributed by atoms with E-state index in [1.807, 2.05) is 0 Å². The smallest absolute Gasteiger partial charge is 0.356 e. The van der Waals surface area contributed by atoms with E-state index in [-0.39, 0.29) is 11.3 Å². The molecular formula is C8H12N2O3. The summed E-state index contributed by atoms with van der Waals surface area (Å²) in [6.45, 7) is 2.03. The van der Waals surface area contributed by atoms with Crippen molar-refractivity contribution in [3.63, 3.8) is 0 Å². The Morgan fingerprint density at radius 2 is 2.08 bits per heavy atom. The second kappa shape index (κ2) is 3.47. The quantitative estimate of drug-likeness (QED) is 0.603. The molecule has 0 saturated carbocycles. The van der Waals surface area contributed by atoms with Gasteiger partial charge in [0.1, 0.15) is 5.69 Å². The van der Waals surface area contributed by atoms with Crippen LogP contribution in [0.15, 0.2) is 10.9 Å². The van der Waals surface area contributed by atoms with E-state index in [1.165, 1.54) is 15.4 Å². The van der Waals surface area contributed by atoms with Gasteiger partial charge in [-0.15, -0.1) is 0 Å². The van der Waals surface area contributed by atoms with Gasteiger partial charge in [-0.2, -0.15) is 0 Å². The minimum Gasteiger partial charge on any atom is -0.461 e. The van der Waals surface area contributed by atoms with Crippen molar-refractivity contribution in [2.24, 2.45) is 14.1 Å². The molecule has 5 heteroatoms. The van der Waals surface area contributed by atoms with E-state index in [0.29, 0.717) is 6.61 Å². The van der Waals surface area contributed by atoms with Gasteiger partial charge in [0.15, 0.2) is 0 Å². The van der Waals surface area contributed by atoms with Gasteiger partial charge >= 0.3 is 5.97 Å². The SMILES string of the molecule is CCOC(=O)c1cc(=O)n(C)n1C. The number of esters is 1.